The van der Waals surface area contributed by atoms with Gasteiger partial charge >= 0.3 is 0 Å². The average Bonchev–Trinajstić information content (AvgIpc) is 2.90. The Morgan fingerprint density at radius 1 is 1.19 bits per heavy atom. The van der Waals surface area contributed by atoms with E-state index in [1.54, 1.807) is 7.11 Å². The molecule has 21 heavy (non-hydrogen) atoms. The minimum Gasteiger partial charge on any atom is -0.496 e. The van der Waals surface area contributed by atoms with Gasteiger partial charge in [-0.3, -0.25) is 0 Å². The lowest BCUT2D eigenvalue weighted by molar-refractivity contribution is -0.0340. The summed E-state index contributed by atoms with van der Waals surface area (Å²) in [6, 6.07) is 4.64. The standard InChI is InChI=1S/C19H24O2/c1-11-8-12-13(9-14(11)20-4)16-18-10-15(12)21-19(16,18)7-5-6-17(18,2)3/h8-9,15-16H,5-7,10H2,1-4H3/t15-,16-,18+,19-/m0/s1. The van der Waals surface area contributed by atoms with Crippen LogP contribution in [0, 0.1) is 17.8 Å². The molecule has 4 atom stereocenters. The van der Waals surface area contributed by atoms with Crippen molar-refractivity contribution in [3.8, 4) is 5.75 Å². The van der Waals surface area contributed by atoms with E-state index in [0.29, 0.717) is 22.9 Å². The molecule has 2 aliphatic heterocycles. The summed E-state index contributed by atoms with van der Waals surface area (Å²) in [5.41, 5.74) is 5.18. The third-order valence-electron chi connectivity index (χ3n) is 7.31. The quantitative estimate of drug-likeness (QED) is 0.755. The van der Waals surface area contributed by atoms with Gasteiger partial charge in [-0.1, -0.05) is 13.8 Å². The van der Waals surface area contributed by atoms with Crippen molar-refractivity contribution in [3.05, 3.63) is 28.8 Å². The molecule has 6 rings (SSSR count). The number of hydrogen-bond acceptors (Lipinski definition) is 2. The topological polar surface area (TPSA) is 18.5 Å². The summed E-state index contributed by atoms with van der Waals surface area (Å²) in [5.74, 6) is 1.65. The molecule has 2 spiro atoms. The van der Waals surface area contributed by atoms with E-state index in [1.807, 2.05) is 0 Å². The molecular formula is C19H24O2. The van der Waals surface area contributed by atoms with Crippen molar-refractivity contribution >= 4 is 0 Å². The number of benzene rings is 1. The number of hydrogen-bond donors (Lipinski definition) is 0. The van der Waals surface area contributed by atoms with Gasteiger partial charge in [-0.2, -0.15) is 0 Å². The first-order chi connectivity index (χ1) is 9.97. The molecule has 0 amide bonds. The third kappa shape index (κ3) is 1.09. The average molecular weight is 284 g/mol. The Hall–Kier alpha value is -1.02. The lowest BCUT2D eigenvalue weighted by atomic mass is 9.63. The molecule has 112 valence electrons. The first-order valence-electron chi connectivity index (χ1n) is 8.33. The van der Waals surface area contributed by atoms with E-state index in [0.717, 1.165) is 5.75 Å². The van der Waals surface area contributed by atoms with E-state index in [9.17, 15) is 0 Å². The Morgan fingerprint density at radius 3 is 2.71 bits per heavy atom. The summed E-state index contributed by atoms with van der Waals surface area (Å²) >= 11 is 0. The minimum atomic E-state index is 0.159. The zero-order chi connectivity index (χ0) is 14.6. The fourth-order valence-electron chi connectivity index (χ4n) is 6.47. The van der Waals surface area contributed by atoms with E-state index < -0.39 is 0 Å². The van der Waals surface area contributed by atoms with E-state index in [-0.39, 0.29) is 5.60 Å². The van der Waals surface area contributed by atoms with Crippen LogP contribution in [0.4, 0.5) is 0 Å². The highest BCUT2D eigenvalue weighted by atomic mass is 16.5. The number of ether oxygens (including phenoxy) is 2. The first-order valence-corrected chi connectivity index (χ1v) is 8.33. The SMILES string of the molecule is COc1cc2c(cc1C)[C@@H]1C[C@]34[C@H]2[C@]3(CCCC4(C)C)O1. The molecule has 0 aromatic heterocycles. The van der Waals surface area contributed by atoms with Crippen molar-refractivity contribution < 1.29 is 9.47 Å². The van der Waals surface area contributed by atoms with Crippen molar-refractivity contribution in [2.45, 2.75) is 64.1 Å². The molecule has 2 nitrogen and oxygen atoms in total. The minimum absolute atomic E-state index is 0.159. The maximum atomic E-state index is 6.67. The Balaban J connectivity index is 1.73. The molecule has 1 aromatic carbocycles. The van der Waals surface area contributed by atoms with Crippen molar-refractivity contribution in [3.63, 3.8) is 0 Å². The van der Waals surface area contributed by atoms with Crippen LogP contribution in [0.3, 0.4) is 0 Å². The molecule has 4 bridgehead atoms. The van der Waals surface area contributed by atoms with Crippen LogP contribution in [-0.4, -0.2) is 12.7 Å². The molecule has 0 radical (unpaired) electrons. The second-order valence-electron chi connectivity index (χ2n) is 8.29. The normalized spacial score (nSPS) is 44.0. The highest BCUT2D eigenvalue weighted by Crippen LogP contribution is 2.90. The monoisotopic (exact) mass is 284 g/mol. The maximum Gasteiger partial charge on any atom is 0.122 e. The van der Waals surface area contributed by atoms with Crippen LogP contribution in [-0.2, 0) is 4.74 Å². The number of aryl methyl sites for hydroxylation is 1. The highest BCUT2D eigenvalue weighted by Gasteiger charge is 2.88. The van der Waals surface area contributed by atoms with Gasteiger partial charge in [0, 0.05) is 11.3 Å². The van der Waals surface area contributed by atoms with Gasteiger partial charge in [0.1, 0.15) is 5.75 Å². The van der Waals surface area contributed by atoms with Crippen molar-refractivity contribution in [1.82, 2.24) is 0 Å². The molecule has 3 fully saturated rings. The molecule has 2 heteroatoms. The van der Waals surface area contributed by atoms with E-state index in [1.165, 1.54) is 42.4 Å². The van der Waals surface area contributed by atoms with Gasteiger partial charge in [0.05, 0.1) is 18.8 Å². The van der Waals surface area contributed by atoms with Crippen LogP contribution >= 0.6 is 0 Å². The predicted octanol–water partition coefficient (Wildman–Crippen LogP) is 4.51. The maximum absolute atomic E-state index is 6.67. The Morgan fingerprint density at radius 2 is 2.00 bits per heavy atom. The lowest BCUT2D eigenvalue weighted by Crippen LogP contribution is -2.35. The highest BCUT2D eigenvalue weighted by molar-refractivity contribution is 5.58. The van der Waals surface area contributed by atoms with Gasteiger partial charge in [-0.15, -0.1) is 0 Å². The third-order valence-corrected chi connectivity index (χ3v) is 7.31. The molecular weight excluding hydrogens is 260 g/mol. The largest absolute Gasteiger partial charge is 0.496 e. The second-order valence-corrected chi connectivity index (χ2v) is 8.29. The summed E-state index contributed by atoms with van der Waals surface area (Å²) in [5, 5.41) is 0. The van der Waals surface area contributed by atoms with Gasteiger partial charge < -0.3 is 9.47 Å². The molecule has 2 saturated carbocycles. The van der Waals surface area contributed by atoms with Crippen LogP contribution in [0.25, 0.3) is 0 Å². The molecule has 2 heterocycles. The predicted molar refractivity (Wildman–Crippen MR) is 81.7 cm³/mol. The Labute approximate surface area is 126 Å². The first kappa shape index (κ1) is 12.5. The van der Waals surface area contributed by atoms with Crippen molar-refractivity contribution in [2.24, 2.45) is 10.8 Å². The van der Waals surface area contributed by atoms with Crippen molar-refractivity contribution in [1.29, 1.82) is 0 Å². The van der Waals surface area contributed by atoms with Crippen LogP contribution in [0.5, 0.6) is 5.75 Å². The fourth-order valence-corrected chi connectivity index (χ4v) is 6.47. The van der Waals surface area contributed by atoms with Gasteiger partial charge in [0.2, 0.25) is 0 Å². The van der Waals surface area contributed by atoms with Crippen LogP contribution < -0.4 is 4.74 Å². The fraction of sp³-hybridized carbons (Fsp3) is 0.684. The van der Waals surface area contributed by atoms with E-state index in [2.05, 4.69) is 32.9 Å². The molecule has 5 aliphatic rings. The molecule has 3 aliphatic carbocycles. The summed E-state index contributed by atoms with van der Waals surface area (Å²) in [7, 11) is 1.78. The zero-order valence-electron chi connectivity index (χ0n) is 13.5. The van der Waals surface area contributed by atoms with Gasteiger partial charge in [-0.25, -0.2) is 0 Å². The Kier molecular flexibility index (Phi) is 1.98. The van der Waals surface area contributed by atoms with Gasteiger partial charge in [-0.05, 0) is 66.8 Å². The van der Waals surface area contributed by atoms with Crippen LogP contribution in [0.15, 0.2) is 12.1 Å². The summed E-state index contributed by atoms with van der Waals surface area (Å²) < 4.78 is 12.3. The molecule has 0 N–H and O–H groups in total. The number of rotatable bonds is 1. The summed E-state index contributed by atoms with van der Waals surface area (Å²) in [4.78, 5) is 0. The zero-order valence-corrected chi connectivity index (χ0v) is 13.5. The van der Waals surface area contributed by atoms with Crippen LogP contribution in [0.2, 0.25) is 0 Å². The van der Waals surface area contributed by atoms with Crippen LogP contribution in [0.1, 0.15) is 68.2 Å². The van der Waals surface area contributed by atoms with E-state index >= 15 is 0 Å². The van der Waals surface area contributed by atoms with E-state index in [4.69, 9.17) is 9.47 Å². The lowest BCUT2D eigenvalue weighted by Gasteiger charge is -2.40. The second kappa shape index (κ2) is 3.32. The van der Waals surface area contributed by atoms with Gasteiger partial charge in [0.15, 0.2) is 0 Å². The summed E-state index contributed by atoms with van der Waals surface area (Å²) in [6.45, 7) is 7.09. The van der Waals surface area contributed by atoms with Crippen molar-refractivity contribution in [2.75, 3.05) is 7.11 Å². The molecule has 1 saturated heterocycles. The molecule has 1 aromatic rings. The smallest absolute Gasteiger partial charge is 0.122 e. The molecule has 0 unspecified atom stereocenters. The van der Waals surface area contributed by atoms with Gasteiger partial charge in [0.25, 0.3) is 0 Å². The number of methoxy groups -OCH3 is 1. The Bertz CT molecular complexity index is 662. The summed E-state index contributed by atoms with van der Waals surface area (Å²) in [6.07, 6.45) is 5.49.